The van der Waals surface area contributed by atoms with Crippen LogP contribution in [0, 0.1) is 16.0 Å². The van der Waals surface area contributed by atoms with Crippen LogP contribution in [0.25, 0.3) is 0 Å². The minimum absolute atomic E-state index is 0.136. The highest BCUT2D eigenvalue weighted by atomic mass is 16.6. The molecule has 92 valence electrons. The fourth-order valence-electron chi connectivity index (χ4n) is 1.65. The van der Waals surface area contributed by atoms with Gasteiger partial charge in [0.2, 0.25) is 11.8 Å². The van der Waals surface area contributed by atoms with Crippen molar-refractivity contribution in [1.82, 2.24) is 9.97 Å². The van der Waals surface area contributed by atoms with Crippen LogP contribution in [0.1, 0.15) is 19.3 Å². The molecule has 0 aromatic carbocycles. The number of rotatable bonds is 5. The lowest BCUT2D eigenvalue weighted by Crippen LogP contribution is -2.22. The molecule has 0 saturated heterocycles. The molecule has 2 rings (SSSR count). The number of hydrogen-bond donors (Lipinski definition) is 3. The largest absolute Gasteiger partial charge is 0.364 e. The smallest absolute Gasteiger partial charge is 0.329 e. The summed E-state index contributed by atoms with van der Waals surface area (Å²) < 4.78 is 0. The number of anilines is 2. The van der Waals surface area contributed by atoms with Crippen molar-refractivity contribution >= 4 is 17.5 Å². The molecule has 0 bridgehead atoms. The van der Waals surface area contributed by atoms with Gasteiger partial charge in [-0.25, -0.2) is 10.8 Å². The quantitative estimate of drug-likeness (QED) is 0.395. The first-order chi connectivity index (χ1) is 8.20. The molecule has 1 aromatic heterocycles. The molecule has 1 aliphatic carbocycles. The fourth-order valence-corrected chi connectivity index (χ4v) is 1.65. The summed E-state index contributed by atoms with van der Waals surface area (Å²) >= 11 is 0. The maximum Gasteiger partial charge on any atom is 0.329 e. The Morgan fingerprint density at radius 3 is 2.88 bits per heavy atom. The van der Waals surface area contributed by atoms with Crippen molar-refractivity contribution in [3.05, 3.63) is 16.3 Å². The molecule has 0 spiro atoms. The normalized spacial score (nSPS) is 15.1. The average molecular weight is 238 g/mol. The SMILES string of the molecule is NNc1ncc([N+](=O)[O-])c(NCC2CCC2)n1. The average Bonchev–Trinajstić information content (AvgIpc) is 2.26. The molecule has 0 atom stereocenters. The van der Waals surface area contributed by atoms with E-state index in [-0.39, 0.29) is 17.5 Å². The van der Waals surface area contributed by atoms with Crippen LogP contribution in [0.15, 0.2) is 6.20 Å². The summed E-state index contributed by atoms with van der Waals surface area (Å²) in [6, 6.07) is 0. The molecule has 8 heteroatoms. The number of nitrogens with two attached hydrogens (primary N) is 1. The Hall–Kier alpha value is -1.96. The van der Waals surface area contributed by atoms with Gasteiger partial charge in [0.1, 0.15) is 6.20 Å². The maximum absolute atomic E-state index is 10.8. The maximum atomic E-state index is 10.8. The highest BCUT2D eigenvalue weighted by Gasteiger charge is 2.21. The van der Waals surface area contributed by atoms with Gasteiger partial charge >= 0.3 is 5.69 Å². The zero-order valence-electron chi connectivity index (χ0n) is 9.22. The number of nitro groups is 1. The number of nitrogens with one attached hydrogen (secondary N) is 2. The van der Waals surface area contributed by atoms with Crippen molar-refractivity contribution in [2.45, 2.75) is 19.3 Å². The molecule has 8 nitrogen and oxygen atoms in total. The summed E-state index contributed by atoms with van der Waals surface area (Å²) in [7, 11) is 0. The van der Waals surface area contributed by atoms with E-state index in [9.17, 15) is 10.1 Å². The van der Waals surface area contributed by atoms with Crippen molar-refractivity contribution in [3.63, 3.8) is 0 Å². The van der Waals surface area contributed by atoms with Crippen LogP contribution >= 0.6 is 0 Å². The molecule has 17 heavy (non-hydrogen) atoms. The van der Waals surface area contributed by atoms with Crippen LogP contribution in [-0.2, 0) is 0 Å². The number of hydrogen-bond acceptors (Lipinski definition) is 7. The van der Waals surface area contributed by atoms with Crippen molar-refractivity contribution in [2.24, 2.45) is 11.8 Å². The van der Waals surface area contributed by atoms with Crippen molar-refractivity contribution < 1.29 is 4.92 Å². The van der Waals surface area contributed by atoms with E-state index in [1.54, 1.807) is 0 Å². The predicted octanol–water partition coefficient (Wildman–Crippen LogP) is 0.882. The summed E-state index contributed by atoms with van der Waals surface area (Å²) in [5, 5.41) is 13.8. The predicted molar refractivity (Wildman–Crippen MR) is 62.3 cm³/mol. The number of hydrazine groups is 1. The highest BCUT2D eigenvalue weighted by molar-refractivity contribution is 5.56. The monoisotopic (exact) mass is 238 g/mol. The second-order valence-electron chi connectivity index (χ2n) is 4.01. The first-order valence-corrected chi connectivity index (χ1v) is 5.42. The zero-order valence-corrected chi connectivity index (χ0v) is 9.22. The molecule has 0 unspecified atom stereocenters. The number of aromatic nitrogens is 2. The lowest BCUT2D eigenvalue weighted by atomic mass is 9.85. The standard InChI is InChI=1S/C9H14N6O2/c10-14-9-12-5-7(15(16)17)8(13-9)11-4-6-2-1-3-6/h5-6H,1-4,10H2,(H2,11,12,13,14). The molecule has 1 fully saturated rings. The van der Waals surface area contributed by atoms with Gasteiger partial charge in [-0.3, -0.25) is 15.5 Å². The lowest BCUT2D eigenvalue weighted by Gasteiger charge is -2.25. The summed E-state index contributed by atoms with van der Waals surface area (Å²) in [5.74, 6) is 6.12. The third-order valence-electron chi connectivity index (χ3n) is 2.88. The molecule has 1 aromatic rings. The topological polar surface area (TPSA) is 119 Å². The van der Waals surface area contributed by atoms with Crippen LogP contribution in [0.3, 0.4) is 0 Å². The van der Waals surface area contributed by atoms with Crippen LogP contribution in [-0.4, -0.2) is 21.4 Å². The minimum atomic E-state index is -0.511. The second-order valence-corrected chi connectivity index (χ2v) is 4.01. The van der Waals surface area contributed by atoms with Gasteiger partial charge in [-0.2, -0.15) is 4.98 Å². The van der Waals surface area contributed by atoms with E-state index in [1.807, 2.05) is 0 Å². The van der Waals surface area contributed by atoms with E-state index in [2.05, 4.69) is 20.7 Å². The Labute approximate surface area is 97.8 Å². The lowest BCUT2D eigenvalue weighted by molar-refractivity contribution is -0.384. The summed E-state index contributed by atoms with van der Waals surface area (Å²) in [6.45, 7) is 0.696. The van der Waals surface area contributed by atoms with Crippen LogP contribution in [0.5, 0.6) is 0 Å². The molecule has 0 amide bonds. The molecular formula is C9H14N6O2. The van der Waals surface area contributed by atoms with Gasteiger partial charge in [-0.05, 0) is 18.8 Å². The van der Waals surface area contributed by atoms with Gasteiger partial charge < -0.3 is 5.32 Å². The fraction of sp³-hybridized carbons (Fsp3) is 0.556. The van der Waals surface area contributed by atoms with Crippen molar-refractivity contribution in [3.8, 4) is 0 Å². The summed E-state index contributed by atoms with van der Waals surface area (Å²) in [5.41, 5.74) is 2.13. The zero-order chi connectivity index (χ0) is 12.3. The Morgan fingerprint density at radius 2 is 2.35 bits per heavy atom. The van der Waals surface area contributed by atoms with Gasteiger partial charge in [0.05, 0.1) is 4.92 Å². The summed E-state index contributed by atoms with van der Waals surface area (Å²) in [4.78, 5) is 17.9. The molecule has 4 N–H and O–H groups in total. The van der Waals surface area contributed by atoms with Crippen molar-refractivity contribution in [2.75, 3.05) is 17.3 Å². The third kappa shape index (κ3) is 2.59. The molecular weight excluding hydrogens is 224 g/mol. The number of nitrogen functional groups attached to an aromatic ring is 1. The van der Waals surface area contributed by atoms with Gasteiger partial charge in [-0.1, -0.05) is 6.42 Å². The minimum Gasteiger partial charge on any atom is -0.364 e. The van der Waals surface area contributed by atoms with Gasteiger partial charge in [0.25, 0.3) is 0 Å². The molecule has 1 heterocycles. The molecule has 1 saturated carbocycles. The van der Waals surface area contributed by atoms with Crippen LogP contribution in [0.4, 0.5) is 17.5 Å². The summed E-state index contributed by atoms with van der Waals surface area (Å²) in [6.07, 6.45) is 4.70. The first kappa shape index (κ1) is 11.5. The van der Waals surface area contributed by atoms with E-state index in [4.69, 9.17) is 5.84 Å². The first-order valence-electron chi connectivity index (χ1n) is 5.42. The van der Waals surface area contributed by atoms with Crippen LogP contribution < -0.4 is 16.6 Å². The number of nitrogens with zero attached hydrogens (tertiary/aromatic N) is 3. The van der Waals surface area contributed by atoms with Gasteiger partial charge in [-0.15, -0.1) is 0 Å². The van der Waals surface area contributed by atoms with Gasteiger partial charge in [0, 0.05) is 6.54 Å². The van der Waals surface area contributed by atoms with E-state index in [0.29, 0.717) is 12.5 Å². The van der Waals surface area contributed by atoms with E-state index < -0.39 is 4.92 Å². The van der Waals surface area contributed by atoms with Crippen LogP contribution in [0.2, 0.25) is 0 Å². The van der Waals surface area contributed by atoms with Crippen molar-refractivity contribution in [1.29, 1.82) is 0 Å². The van der Waals surface area contributed by atoms with E-state index in [1.165, 1.54) is 6.42 Å². The molecule has 1 aliphatic rings. The third-order valence-corrected chi connectivity index (χ3v) is 2.88. The second kappa shape index (κ2) is 4.91. The van der Waals surface area contributed by atoms with Gasteiger partial charge in [0.15, 0.2) is 0 Å². The Morgan fingerprint density at radius 1 is 1.59 bits per heavy atom. The Kier molecular flexibility index (Phi) is 3.33. The Bertz CT molecular complexity index is 420. The van der Waals surface area contributed by atoms with E-state index >= 15 is 0 Å². The Balaban J connectivity index is 2.12. The molecule has 0 radical (unpaired) electrons. The highest BCUT2D eigenvalue weighted by Crippen LogP contribution is 2.28. The van der Waals surface area contributed by atoms with E-state index in [0.717, 1.165) is 19.0 Å². The molecule has 0 aliphatic heterocycles.